The predicted octanol–water partition coefficient (Wildman–Crippen LogP) is 5.48. The number of piperidine rings is 1. The largest absolute Gasteiger partial charge is 0.493 e. The zero-order valence-corrected chi connectivity index (χ0v) is 25.1. The van der Waals surface area contributed by atoms with Gasteiger partial charge in [0.15, 0.2) is 5.82 Å². The summed E-state index contributed by atoms with van der Waals surface area (Å²) in [6.07, 6.45) is 6.86. The van der Waals surface area contributed by atoms with Crippen molar-refractivity contribution >= 4 is 39.1 Å². The molecule has 9 nitrogen and oxygen atoms in total. The van der Waals surface area contributed by atoms with E-state index in [1.165, 1.54) is 43.0 Å². The van der Waals surface area contributed by atoms with Gasteiger partial charge in [0.25, 0.3) is 0 Å². The van der Waals surface area contributed by atoms with E-state index < -0.39 is 10.0 Å². The van der Waals surface area contributed by atoms with Crippen LogP contribution in [0.2, 0.25) is 5.02 Å². The minimum atomic E-state index is -3.68. The van der Waals surface area contributed by atoms with Crippen molar-refractivity contribution in [2.45, 2.75) is 51.0 Å². The molecule has 2 heterocycles. The zero-order chi connectivity index (χ0) is 28.3. The summed E-state index contributed by atoms with van der Waals surface area (Å²) < 4.78 is 33.1. The molecule has 1 fully saturated rings. The molecule has 212 valence electrons. The van der Waals surface area contributed by atoms with Gasteiger partial charge in [-0.05, 0) is 83.8 Å². The van der Waals surface area contributed by atoms with Gasteiger partial charge in [0.05, 0.1) is 23.7 Å². The molecule has 2 aromatic rings. The molecule has 39 heavy (non-hydrogen) atoms. The number of anilines is 3. The second-order valence-electron chi connectivity index (χ2n) is 10.8. The molecule has 1 aromatic carbocycles. The van der Waals surface area contributed by atoms with E-state index in [4.69, 9.17) is 16.3 Å². The van der Waals surface area contributed by atoms with E-state index in [0.29, 0.717) is 29.3 Å². The lowest BCUT2D eigenvalue weighted by Crippen LogP contribution is -2.35. The Bertz CT molecular complexity index is 1350. The van der Waals surface area contributed by atoms with Gasteiger partial charge in [-0.15, -0.1) is 0 Å². The summed E-state index contributed by atoms with van der Waals surface area (Å²) in [7, 11) is 1.49. The smallest absolute Gasteiger partial charge is 0.244 e. The second-order valence-corrected chi connectivity index (χ2v) is 13.3. The van der Waals surface area contributed by atoms with Gasteiger partial charge >= 0.3 is 0 Å². The number of aromatic nitrogens is 2. The van der Waals surface area contributed by atoms with Crippen LogP contribution in [-0.2, 0) is 14.8 Å². The number of benzene rings is 1. The normalized spacial score (nSPS) is 19.4. The first kappa shape index (κ1) is 29.3. The Morgan fingerprint density at radius 2 is 1.85 bits per heavy atom. The maximum absolute atomic E-state index is 12.8. The molecule has 0 radical (unpaired) electrons. The highest BCUT2D eigenvalue weighted by atomic mass is 35.5. The third-order valence-corrected chi connectivity index (χ3v) is 9.41. The van der Waals surface area contributed by atoms with Gasteiger partial charge in [-0.2, -0.15) is 4.98 Å². The molecule has 1 aliphatic carbocycles. The van der Waals surface area contributed by atoms with Crippen molar-refractivity contribution in [2.24, 2.45) is 11.8 Å². The van der Waals surface area contributed by atoms with Gasteiger partial charge in [-0.3, -0.25) is 0 Å². The number of likely N-dealkylation sites (tertiary alicyclic amines) is 1. The minimum absolute atomic E-state index is 0.0280. The molecule has 1 saturated heterocycles. The summed E-state index contributed by atoms with van der Waals surface area (Å²) in [5, 5.41) is 6.69. The number of nitrogens with zero attached hydrogens (tertiary/aromatic N) is 4. The van der Waals surface area contributed by atoms with Crippen LogP contribution in [-0.4, -0.2) is 67.9 Å². The zero-order valence-electron chi connectivity index (χ0n) is 23.5. The first-order valence-electron chi connectivity index (χ1n) is 13.3. The predicted molar refractivity (Wildman–Crippen MR) is 157 cm³/mol. The van der Waals surface area contributed by atoms with E-state index in [2.05, 4.69) is 45.5 Å². The highest BCUT2D eigenvalue weighted by Crippen LogP contribution is 2.39. The van der Waals surface area contributed by atoms with Crippen LogP contribution >= 0.6 is 11.6 Å². The average molecular weight is 575 g/mol. The number of hydrogen-bond acceptors (Lipinski definition) is 8. The van der Waals surface area contributed by atoms with Crippen molar-refractivity contribution in [1.82, 2.24) is 19.2 Å². The summed E-state index contributed by atoms with van der Waals surface area (Å²) in [4.78, 5) is 11.5. The molecule has 0 saturated carbocycles. The van der Waals surface area contributed by atoms with Crippen LogP contribution in [0.3, 0.4) is 0 Å². The SMILES string of the molecule is CC1=CC(Nc2ncc(Cl)c(Nc3ccccc3S(=O)(=O)N(C)C)n2)=C(OC(C)C)CC1C1CCN(C)CC1. The van der Waals surface area contributed by atoms with Crippen molar-refractivity contribution < 1.29 is 13.2 Å². The van der Waals surface area contributed by atoms with E-state index in [1.54, 1.807) is 24.3 Å². The van der Waals surface area contributed by atoms with E-state index in [-0.39, 0.29) is 16.0 Å². The lowest BCUT2D eigenvalue weighted by Gasteiger charge is -2.37. The van der Waals surface area contributed by atoms with Crippen LogP contribution in [0.15, 0.2) is 58.5 Å². The van der Waals surface area contributed by atoms with Crippen LogP contribution < -0.4 is 10.6 Å². The third kappa shape index (κ3) is 6.92. The highest BCUT2D eigenvalue weighted by molar-refractivity contribution is 7.89. The Kier molecular flexibility index (Phi) is 9.21. The lowest BCUT2D eigenvalue weighted by atomic mass is 9.76. The van der Waals surface area contributed by atoms with Crippen LogP contribution in [0.25, 0.3) is 0 Å². The summed E-state index contributed by atoms with van der Waals surface area (Å²) in [5.41, 5.74) is 2.52. The Morgan fingerprint density at radius 1 is 1.15 bits per heavy atom. The van der Waals surface area contributed by atoms with Gasteiger partial charge in [0, 0.05) is 20.5 Å². The van der Waals surface area contributed by atoms with Crippen molar-refractivity contribution in [3.63, 3.8) is 0 Å². The number of ether oxygens (including phenoxy) is 1. The molecule has 2 aliphatic rings. The maximum Gasteiger partial charge on any atom is 0.244 e. The van der Waals surface area contributed by atoms with Gasteiger partial charge in [0.1, 0.15) is 15.7 Å². The molecular weight excluding hydrogens is 536 g/mol. The summed E-state index contributed by atoms with van der Waals surface area (Å²) in [6.45, 7) is 8.49. The van der Waals surface area contributed by atoms with Crippen LogP contribution in [0.5, 0.6) is 0 Å². The molecule has 1 aliphatic heterocycles. The Labute approximate surface area is 237 Å². The summed E-state index contributed by atoms with van der Waals surface area (Å²) in [5.74, 6) is 2.59. The van der Waals surface area contributed by atoms with Gasteiger partial charge in [-0.25, -0.2) is 17.7 Å². The topological polar surface area (TPSA) is 99.7 Å². The van der Waals surface area contributed by atoms with Crippen molar-refractivity contribution in [1.29, 1.82) is 0 Å². The molecule has 1 unspecified atom stereocenters. The van der Waals surface area contributed by atoms with Crippen molar-refractivity contribution in [3.05, 3.63) is 58.6 Å². The van der Waals surface area contributed by atoms with Crippen molar-refractivity contribution in [2.75, 3.05) is 44.9 Å². The Hall–Kier alpha value is -2.66. The molecule has 1 aromatic heterocycles. The molecule has 0 amide bonds. The molecule has 4 rings (SSSR count). The van der Waals surface area contributed by atoms with E-state index in [0.717, 1.165) is 31.0 Å². The average Bonchev–Trinajstić information content (AvgIpc) is 2.88. The minimum Gasteiger partial charge on any atom is -0.493 e. The number of allylic oxidation sites excluding steroid dienone is 3. The van der Waals surface area contributed by atoms with E-state index >= 15 is 0 Å². The molecule has 2 N–H and O–H groups in total. The van der Waals surface area contributed by atoms with E-state index in [9.17, 15) is 8.42 Å². The lowest BCUT2D eigenvalue weighted by molar-refractivity contribution is 0.115. The number of hydrogen-bond donors (Lipinski definition) is 2. The maximum atomic E-state index is 12.8. The fraction of sp³-hybridized carbons (Fsp3) is 0.500. The second kappa shape index (κ2) is 12.2. The standard InChI is InChI=1S/C28H39ClN6O3S/c1-18(2)38-25-16-21(20-11-13-35(6)14-12-20)19(3)15-24(25)32-28-30-17-22(29)27(33-28)31-23-9-7-8-10-26(23)39(36,37)34(4)5/h7-10,15,17-18,20-21H,11-14,16H2,1-6H3,(H2,30,31,32,33). The van der Waals surface area contributed by atoms with Crippen molar-refractivity contribution in [3.8, 4) is 0 Å². The first-order valence-corrected chi connectivity index (χ1v) is 15.1. The number of rotatable bonds is 9. The molecular formula is C28H39ClN6O3S. The third-order valence-electron chi connectivity index (χ3n) is 7.26. The van der Waals surface area contributed by atoms with Crippen LogP contribution in [0, 0.1) is 11.8 Å². The van der Waals surface area contributed by atoms with Crippen LogP contribution in [0.4, 0.5) is 17.5 Å². The Balaban J connectivity index is 1.60. The molecule has 0 spiro atoms. The number of sulfonamides is 1. The van der Waals surface area contributed by atoms with Gasteiger partial charge in [-0.1, -0.05) is 29.3 Å². The fourth-order valence-corrected chi connectivity index (χ4v) is 6.29. The van der Waals surface area contributed by atoms with Gasteiger partial charge < -0.3 is 20.3 Å². The first-order chi connectivity index (χ1) is 18.5. The number of halogens is 1. The molecule has 0 bridgehead atoms. The van der Waals surface area contributed by atoms with Crippen LogP contribution in [0.1, 0.15) is 40.0 Å². The number of nitrogens with one attached hydrogen (secondary N) is 2. The quantitative estimate of drug-likeness (QED) is 0.406. The number of para-hydroxylation sites is 1. The summed E-state index contributed by atoms with van der Waals surface area (Å²) in [6, 6.07) is 6.65. The summed E-state index contributed by atoms with van der Waals surface area (Å²) >= 11 is 6.43. The molecule has 1 atom stereocenters. The van der Waals surface area contributed by atoms with Gasteiger partial charge in [0.2, 0.25) is 16.0 Å². The molecule has 11 heteroatoms. The van der Waals surface area contributed by atoms with E-state index in [1.807, 2.05) is 13.8 Å². The monoisotopic (exact) mass is 574 g/mol. The Morgan fingerprint density at radius 3 is 2.51 bits per heavy atom. The highest BCUT2D eigenvalue weighted by Gasteiger charge is 2.32. The fourth-order valence-electron chi connectivity index (χ4n) is 5.11.